The Balaban J connectivity index is 1.41. The Bertz CT molecular complexity index is 903. The predicted molar refractivity (Wildman–Crippen MR) is 104 cm³/mol. The number of hydrogen-bond donors (Lipinski definition) is 1. The molecule has 0 bridgehead atoms. The molecule has 7 nitrogen and oxygen atoms in total. The molecule has 2 N–H and O–H groups in total. The summed E-state index contributed by atoms with van der Waals surface area (Å²) in [6.07, 6.45) is 2.08. The average molecular weight is 389 g/mol. The molecule has 0 radical (unpaired) electrons. The fourth-order valence-corrected chi connectivity index (χ4v) is 5.03. The lowest BCUT2D eigenvalue weighted by Crippen LogP contribution is -2.40. The lowest BCUT2D eigenvalue weighted by atomic mass is 9.99. The van der Waals surface area contributed by atoms with Gasteiger partial charge in [0.25, 0.3) is 0 Å². The van der Waals surface area contributed by atoms with E-state index in [4.69, 9.17) is 10.8 Å². The van der Waals surface area contributed by atoms with Crippen LogP contribution in [0, 0.1) is 6.92 Å². The number of thiazole rings is 1. The molecule has 1 saturated heterocycles. The van der Waals surface area contributed by atoms with Gasteiger partial charge in [0.05, 0.1) is 21.0 Å². The van der Waals surface area contributed by atoms with Gasteiger partial charge in [0.1, 0.15) is 5.82 Å². The number of nitrogen functional groups attached to an aromatic ring is 1. The van der Waals surface area contributed by atoms with Gasteiger partial charge >= 0.3 is 0 Å². The molecule has 26 heavy (non-hydrogen) atoms. The molecular formula is C17H20N6OS2. The number of fused-ring (bicyclic) bond motifs is 1. The number of carbonyl (C=O) groups excluding carboxylic acids is 1. The van der Waals surface area contributed by atoms with Gasteiger partial charge in [0.15, 0.2) is 0 Å². The van der Waals surface area contributed by atoms with Crippen molar-refractivity contribution < 1.29 is 4.79 Å². The van der Waals surface area contributed by atoms with Crippen molar-refractivity contribution >= 4 is 39.2 Å². The fraction of sp³-hybridized carbons (Fsp3) is 0.412. The Labute approximate surface area is 159 Å². The number of nitrogens with two attached hydrogens (primary N) is 1. The van der Waals surface area contributed by atoms with Crippen molar-refractivity contribution in [2.24, 2.45) is 0 Å². The number of nitrogens with zero attached hydrogens (tertiary/aromatic N) is 5. The zero-order chi connectivity index (χ0) is 18.1. The minimum absolute atomic E-state index is 0.112. The molecule has 2 aromatic heterocycles. The Kier molecular flexibility index (Phi) is 4.82. The van der Waals surface area contributed by atoms with Crippen LogP contribution < -0.4 is 5.84 Å². The molecule has 136 valence electrons. The number of piperidine rings is 1. The molecule has 1 aliphatic heterocycles. The van der Waals surface area contributed by atoms with Crippen molar-refractivity contribution in [3.8, 4) is 0 Å². The second-order valence-electron chi connectivity index (χ2n) is 6.39. The molecule has 0 saturated carbocycles. The number of aromatic nitrogens is 4. The molecule has 0 spiro atoms. The number of para-hydroxylation sites is 1. The second kappa shape index (κ2) is 7.24. The number of rotatable bonds is 4. The molecule has 1 amide bonds. The van der Waals surface area contributed by atoms with Crippen LogP contribution in [0.3, 0.4) is 0 Å². The number of carbonyl (C=O) groups is 1. The highest BCUT2D eigenvalue weighted by Crippen LogP contribution is 2.33. The number of likely N-dealkylation sites (tertiary alicyclic amines) is 1. The third-order valence-electron chi connectivity index (χ3n) is 4.59. The van der Waals surface area contributed by atoms with E-state index < -0.39 is 0 Å². The van der Waals surface area contributed by atoms with E-state index in [1.54, 1.807) is 18.3 Å². The van der Waals surface area contributed by atoms with Crippen molar-refractivity contribution in [1.29, 1.82) is 0 Å². The van der Waals surface area contributed by atoms with Gasteiger partial charge in [-0.2, -0.15) is 0 Å². The first kappa shape index (κ1) is 17.3. The standard InChI is InChI=1S/C17H20N6OS2/c1-11-20-21-17(23(11)18)25-10-15(24)22-8-4-5-12(9-22)16-19-13-6-2-3-7-14(13)26-16/h2-3,6-7,12H,4-5,8-10,18H2,1H3/t12-/m1/s1. The summed E-state index contributed by atoms with van der Waals surface area (Å²) in [5.41, 5.74) is 1.05. The number of thioether (sulfide) groups is 1. The molecule has 0 aliphatic carbocycles. The van der Waals surface area contributed by atoms with E-state index in [0.29, 0.717) is 22.7 Å². The average Bonchev–Trinajstić information content (AvgIpc) is 3.24. The third kappa shape index (κ3) is 3.41. The fourth-order valence-electron chi connectivity index (χ4n) is 3.14. The molecule has 1 atom stereocenters. The minimum Gasteiger partial charge on any atom is -0.341 e. The van der Waals surface area contributed by atoms with E-state index in [0.717, 1.165) is 36.5 Å². The Hall–Kier alpha value is -2.13. The molecule has 9 heteroatoms. The van der Waals surface area contributed by atoms with Crippen LogP contribution in [0.25, 0.3) is 10.2 Å². The van der Waals surface area contributed by atoms with Gasteiger partial charge in [0, 0.05) is 19.0 Å². The lowest BCUT2D eigenvalue weighted by Gasteiger charge is -2.31. The van der Waals surface area contributed by atoms with Crippen molar-refractivity contribution in [1.82, 2.24) is 24.8 Å². The quantitative estimate of drug-likeness (QED) is 0.545. The first-order valence-corrected chi connectivity index (χ1v) is 10.3. The Morgan fingerprint density at radius 3 is 3.00 bits per heavy atom. The van der Waals surface area contributed by atoms with E-state index in [2.05, 4.69) is 16.3 Å². The number of benzene rings is 1. The van der Waals surface area contributed by atoms with Crippen molar-refractivity contribution in [3.05, 3.63) is 35.1 Å². The summed E-state index contributed by atoms with van der Waals surface area (Å²) in [7, 11) is 0. The van der Waals surface area contributed by atoms with Crippen molar-refractivity contribution in [2.45, 2.75) is 30.8 Å². The van der Waals surface area contributed by atoms with Gasteiger partial charge in [0.2, 0.25) is 11.1 Å². The lowest BCUT2D eigenvalue weighted by molar-refractivity contribution is -0.129. The summed E-state index contributed by atoms with van der Waals surface area (Å²) in [6, 6.07) is 8.19. The molecule has 1 fully saturated rings. The zero-order valence-electron chi connectivity index (χ0n) is 14.5. The van der Waals surface area contributed by atoms with E-state index in [1.165, 1.54) is 21.1 Å². The summed E-state index contributed by atoms with van der Waals surface area (Å²) in [5.74, 6) is 7.22. The normalized spacial score (nSPS) is 17.7. The maximum absolute atomic E-state index is 12.6. The van der Waals surface area contributed by atoms with Crippen LogP contribution in [-0.2, 0) is 4.79 Å². The maximum atomic E-state index is 12.6. The molecule has 0 unspecified atom stereocenters. The monoisotopic (exact) mass is 388 g/mol. The van der Waals surface area contributed by atoms with E-state index in [1.807, 2.05) is 23.1 Å². The molecule has 3 heterocycles. The molecule has 3 aromatic rings. The van der Waals surface area contributed by atoms with Crippen LogP contribution in [-0.4, -0.2) is 49.5 Å². The van der Waals surface area contributed by atoms with E-state index in [9.17, 15) is 4.79 Å². The number of amides is 1. The van der Waals surface area contributed by atoms with Gasteiger partial charge in [-0.05, 0) is 31.9 Å². The minimum atomic E-state index is 0.112. The summed E-state index contributed by atoms with van der Waals surface area (Å²) in [4.78, 5) is 19.3. The van der Waals surface area contributed by atoms with Crippen molar-refractivity contribution in [2.75, 3.05) is 24.7 Å². The molecular weight excluding hydrogens is 368 g/mol. The maximum Gasteiger partial charge on any atom is 0.233 e. The summed E-state index contributed by atoms with van der Waals surface area (Å²) in [5, 5.41) is 9.60. The molecule has 4 rings (SSSR count). The Morgan fingerprint density at radius 1 is 1.38 bits per heavy atom. The first-order valence-electron chi connectivity index (χ1n) is 8.55. The summed E-state index contributed by atoms with van der Waals surface area (Å²) in [6.45, 7) is 3.31. The predicted octanol–water partition coefficient (Wildman–Crippen LogP) is 2.41. The zero-order valence-corrected chi connectivity index (χ0v) is 16.1. The van der Waals surface area contributed by atoms with Gasteiger partial charge in [-0.25, -0.2) is 9.66 Å². The SMILES string of the molecule is Cc1nnc(SCC(=O)N2CCC[C@@H](c3nc4ccccc4s3)C2)n1N. The number of aryl methyl sites for hydroxylation is 1. The second-order valence-corrected chi connectivity index (χ2v) is 8.39. The highest BCUT2D eigenvalue weighted by atomic mass is 32.2. The molecule has 1 aromatic carbocycles. The topological polar surface area (TPSA) is 89.9 Å². The molecule has 1 aliphatic rings. The first-order chi connectivity index (χ1) is 12.6. The summed E-state index contributed by atoms with van der Waals surface area (Å²) >= 11 is 3.07. The highest BCUT2D eigenvalue weighted by molar-refractivity contribution is 7.99. The van der Waals surface area contributed by atoms with Crippen LogP contribution >= 0.6 is 23.1 Å². The van der Waals surface area contributed by atoms with Crippen LogP contribution in [0.4, 0.5) is 0 Å². The van der Waals surface area contributed by atoms with Crippen LogP contribution in [0.2, 0.25) is 0 Å². The van der Waals surface area contributed by atoms with E-state index in [-0.39, 0.29) is 5.91 Å². The highest BCUT2D eigenvalue weighted by Gasteiger charge is 2.27. The smallest absolute Gasteiger partial charge is 0.233 e. The third-order valence-corrected chi connectivity index (χ3v) is 6.72. The Morgan fingerprint density at radius 2 is 2.23 bits per heavy atom. The van der Waals surface area contributed by atoms with Crippen LogP contribution in [0.5, 0.6) is 0 Å². The van der Waals surface area contributed by atoms with Gasteiger partial charge in [-0.3, -0.25) is 4.79 Å². The van der Waals surface area contributed by atoms with Gasteiger partial charge in [-0.1, -0.05) is 23.9 Å². The van der Waals surface area contributed by atoms with E-state index >= 15 is 0 Å². The van der Waals surface area contributed by atoms with Gasteiger partial charge < -0.3 is 10.7 Å². The van der Waals surface area contributed by atoms with Crippen molar-refractivity contribution in [3.63, 3.8) is 0 Å². The number of hydrogen-bond acceptors (Lipinski definition) is 7. The van der Waals surface area contributed by atoms with Gasteiger partial charge in [-0.15, -0.1) is 21.5 Å². The van der Waals surface area contributed by atoms with Crippen LogP contribution in [0.1, 0.15) is 29.6 Å². The largest absolute Gasteiger partial charge is 0.341 e. The summed E-state index contributed by atoms with van der Waals surface area (Å²) < 4.78 is 2.62. The van der Waals surface area contributed by atoms with Crippen LogP contribution in [0.15, 0.2) is 29.4 Å².